The molecule has 1 heterocycles. The standard InChI is InChI=1S/C19H31N3O4/c1-13-11-22(12-14(2)26-13)9-8-20-19(23)21-15(3)16-6-7-17(24-4)18(10-16)25-5/h6-7,10,13-15H,8-9,11-12H2,1-5H3,(H2,20,21,23). The van der Waals surface area contributed by atoms with Crippen molar-refractivity contribution in [2.75, 3.05) is 40.4 Å². The number of benzene rings is 1. The minimum atomic E-state index is -0.179. The van der Waals surface area contributed by atoms with Crippen molar-refractivity contribution < 1.29 is 19.0 Å². The van der Waals surface area contributed by atoms with E-state index in [1.165, 1.54) is 0 Å². The number of rotatable bonds is 7. The number of methoxy groups -OCH3 is 2. The van der Waals surface area contributed by atoms with Crippen molar-refractivity contribution in [3.05, 3.63) is 23.8 Å². The second kappa shape index (κ2) is 9.64. The lowest BCUT2D eigenvalue weighted by molar-refractivity contribution is -0.0672. The fourth-order valence-corrected chi connectivity index (χ4v) is 3.25. The van der Waals surface area contributed by atoms with E-state index in [1.54, 1.807) is 14.2 Å². The van der Waals surface area contributed by atoms with E-state index in [2.05, 4.69) is 29.4 Å². The fourth-order valence-electron chi connectivity index (χ4n) is 3.25. The first-order valence-corrected chi connectivity index (χ1v) is 9.07. The van der Waals surface area contributed by atoms with Crippen molar-refractivity contribution in [2.45, 2.75) is 39.0 Å². The van der Waals surface area contributed by atoms with Gasteiger partial charge in [0.15, 0.2) is 11.5 Å². The van der Waals surface area contributed by atoms with Gasteiger partial charge in [-0.2, -0.15) is 0 Å². The Morgan fingerprint density at radius 3 is 2.50 bits per heavy atom. The summed E-state index contributed by atoms with van der Waals surface area (Å²) in [6, 6.07) is 5.31. The highest BCUT2D eigenvalue weighted by atomic mass is 16.5. The van der Waals surface area contributed by atoms with E-state index in [0.29, 0.717) is 18.0 Å². The molecule has 2 amide bonds. The number of carbonyl (C=O) groups excluding carboxylic acids is 1. The Hall–Kier alpha value is -1.99. The summed E-state index contributed by atoms with van der Waals surface area (Å²) in [7, 11) is 3.20. The predicted molar refractivity (Wildman–Crippen MR) is 101 cm³/mol. The normalized spacial score (nSPS) is 21.7. The molecule has 1 aromatic rings. The minimum absolute atomic E-state index is 0.141. The number of nitrogens with zero attached hydrogens (tertiary/aromatic N) is 1. The smallest absolute Gasteiger partial charge is 0.315 e. The fraction of sp³-hybridized carbons (Fsp3) is 0.632. The molecular weight excluding hydrogens is 334 g/mol. The summed E-state index contributed by atoms with van der Waals surface area (Å²) < 4.78 is 16.3. The maximum atomic E-state index is 12.2. The van der Waals surface area contributed by atoms with Crippen LogP contribution >= 0.6 is 0 Å². The third kappa shape index (κ3) is 5.78. The topological polar surface area (TPSA) is 72.1 Å². The molecule has 146 valence electrons. The molecule has 1 aliphatic rings. The molecular formula is C19H31N3O4. The van der Waals surface area contributed by atoms with Crippen LogP contribution in [0.4, 0.5) is 4.79 Å². The molecule has 26 heavy (non-hydrogen) atoms. The van der Waals surface area contributed by atoms with Gasteiger partial charge in [-0.15, -0.1) is 0 Å². The highest BCUT2D eigenvalue weighted by Crippen LogP contribution is 2.29. The van der Waals surface area contributed by atoms with E-state index < -0.39 is 0 Å². The summed E-state index contributed by atoms with van der Waals surface area (Å²) in [4.78, 5) is 14.5. The molecule has 0 aromatic heterocycles. The second-order valence-corrected chi connectivity index (χ2v) is 6.75. The molecule has 1 fully saturated rings. The number of ether oxygens (including phenoxy) is 3. The number of hydrogen-bond acceptors (Lipinski definition) is 5. The Morgan fingerprint density at radius 1 is 1.23 bits per heavy atom. The summed E-state index contributed by atoms with van der Waals surface area (Å²) in [5.41, 5.74) is 0.952. The van der Waals surface area contributed by atoms with Gasteiger partial charge in [-0.3, -0.25) is 4.90 Å². The summed E-state index contributed by atoms with van der Waals surface area (Å²) in [5, 5.41) is 5.87. The van der Waals surface area contributed by atoms with E-state index in [1.807, 2.05) is 25.1 Å². The van der Waals surface area contributed by atoms with Crippen LogP contribution in [0.15, 0.2) is 18.2 Å². The monoisotopic (exact) mass is 365 g/mol. The summed E-state index contributed by atoms with van der Waals surface area (Å²) in [6.07, 6.45) is 0.468. The molecule has 3 unspecified atom stereocenters. The maximum Gasteiger partial charge on any atom is 0.315 e. The molecule has 0 radical (unpaired) electrons. The average Bonchev–Trinajstić information content (AvgIpc) is 2.60. The van der Waals surface area contributed by atoms with Gasteiger partial charge in [-0.25, -0.2) is 4.79 Å². The molecule has 0 spiro atoms. The van der Waals surface area contributed by atoms with Gasteiger partial charge >= 0.3 is 6.03 Å². The van der Waals surface area contributed by atoms with Gasteiger partial charge in [0.05, 0.1) is 32.5 Å². The highest BCUT2D eigenvalue weighted by Gasteiger charge is 2.21. The zero-order valence-corrected chi connectivity index (χ0v) is 16.4. The molecule has 3 atom stereocenters. The lowest BCUT2D eigenvalue weighted by Gasteiger charge is -2.35. The van der Waals surface area contributed by atoms with Crippen molar-refractivity contribution in [3.63, 3.8) is 0 Å². The van der Waals surface area contributed by atoms with Gasteiger partial charge in [0.25, 0.3) is 0 Å². The van der Waals surface area contributed by atoms with Crippen molar-refractivity contribution in [2.24, 2.45) is 0 Å². The summed E-state index contributed by atoms with van der Waals surface area (Å²) in [5.74, 6) is 1.32. The number of urea groups is 1. The minimum Gasteiger partial charge on any atom is -0.493 e. The molecule has 2 rings (SSSR count). The van der Waals surface area contributed by atoms with Crippen LogP contribution in [0, 0.1) is 0 Å². The van der Waals surface area contributed by atoms with Crippen LogP contribution in [0.25, 0.3) is 0 Å². The van der Waals surface area contributed by atoms with Gasteiger partial charge in [0.1, 0.15) is 0 Å². The number of hydrogen-bond donors (Lipinski definition) is 2. The van der Waals surface area contributed by atoms with Crippen LogP contribution in [0.5, 0.6) is 11.5 Å². The molecule has 1 aromatic carbocycles. The molecule has 7 nitrogen and oxygen atoms in total. The van der Waals surface area contributed by atoms with Crippen molar-refractivity contribution in [3.8, 4) is 11.5 Å². The Bertz CT molecular complexity index is 586. The van der Waals surface area contributed by atoms with E-state index >= 15 is 0 Å². The number of carbonyl (C=O) groups is 1. The van der Waals surface area contributed by atoms with Crippen molar-refractivity contribution in [1.29, 1.82) is 0 Å². The van der Waals surface area contributed by atoms with Gasteiger partial charge in [0, 0.05) is 26.2 Å². The van der Waals surface area contributed by atoms with Crippen LogP contribution < -0.4 is 20.1 Å². The maximum absolute atomic E-state index is 12.2. The van der Waals surface area contributed by atoms with E-state index in [4.69, 9.17) is 14.2 Å². The zero-order valence-electron chi connectivity index (χ0n) is 16.4. The third-order valence-electron chi connectivity index (χ3n) is 4.46. The first-order chi connectivity index (χ1) is 12.4. The number of morpholine rings is 1. The molecule has 0 aliphatic carbocycles. The van der Waals surface area contributed by atoms with E-state index in [-0.39, 0.29) is 24.3 Å². The highest BCUT2D eigenvalue weighted by molar-refractivity contribution is 5.74. The first-order valence-electron chi connectivity index (χ1n) is 9.07. The number of amides is 2. The van der Waals surface area contributed by atoms with Crippen LogP contribution in [0.2, 0.25) is 0 Å². The predicted octanol–water partition coefficient (Wildman–Crippen LogP) is 2.17. The largest absolute Gasteiger partial charge is 0.493 e. The van der Waals surface area contributed by atoms with Crippen molar-refractivity contribution >= 4 is 6.03 Å². The number of nitrogens with one attached hydrogen (secondary N) is 2. The summed E-state index contributed by atoms with van der Waals surface area (Å²) >= 11 is 0. The Morgan fingerprint density at radius 2 is 1.88 bits per heavy atom. The SMILES string of the molecule is COc1ccc(C(C)NC(=O)NCCN2CC(C)OC(C)C2)cc1OC. The molecule has 2 N–H and O–H groups in total. The molecule has 0 bridgehead atoms. The molecule has 0 saturated carbocycles. The van der Waals surface area contributed by atoms with Gasteiger partial charge in [-0.1, -0.05) is 6.07 Å². The van der Waals surface area contributed by atoms with E-state index in [9.17, 15) is 4.79 Å². The Balaban J connectivity index is 1.78. The zero-order chi connectivity index (χ0) is 19.1. The van der Waals surface area contributed by atoms with Crippen LogP contribution in [0.1, 0.15) is 32.4 Å². The molecule has 1 saturated heterocycles. The third-order valence-corrected chi connectivity index (χ3v) is 4.46. The van der Waals surface area contributed by atoms with Gasteiger partial charge in [-0.05, 0) is 38.5 Å². The van der Waals surface area contributed by atoms with Crippen molar-refractivity contribution in [1.82, 2.24) is 15.5 Å². The lowest BCUT2D eigenvalue weighted by Crippen LogP contribution is -2.48. The Kier molecular flexibility index (Phi) is 7.53. The summed E-state index contributed by atoms with van der Waals surface area (Å²) in [6.45, 7) is 9.30. The van der Waals surface area contributed by atoms with Gasteiger partial charge < -0.3 is 24.8 Å². The molecule has 1 aliphatic heterocycles. The second-order valence-electron chi connectivity index (χ2n) is 6.75. The lowest BCUT2D eigenvalue weighted by atomic mass is 10.1. The van der Waals surface area contributed by atoms with Crippen LogP contribution in [-0.4, -0.2) is 63.5 Å². The van der Waals surface area contributed by atoms with E-state index in [0.717, 1.165) is 25.2 Å². The quantitative estimate of drug-likeness (QED) is 0.775. The van der Waals surface area contributed by atoms with Crippen LogP contribution in [-0.2, 0) is 4.74 Å². The first kappa shape index (κ1) is 20.3. The van der Waals surface area contributed by atoms with Gasteiger partial charge in [0.2, 0.25) is 0 Å². The Labute approximate surface area is 156 Å². The molecule has 7 heteroatoms. The van der Waals surface area contributed by atoms with Crippen LogP contribution in [0.3, 0.4) is 0 Å². The average molecular weight is 365 g/mol.